The summed E-state index contributed by atoms with van der Waals surface area (Å²) in [7, 11) is 0. The number of fused-ring (bicyclic) bond motifs is 1. The number of aryl methyl sites for hydroxylation is 1. The molecule has 6 heteroatoms. The predicted octanol–water partition coefficient (Wildman–Crippen LogP) is 4.04. The lowest BCUT2D eigenvalue weighted by Gasteiger charge is -2.11. The van der Waals surface area contributed by atoms with Gasteiger partial charge in [-0.15, -0.1) is 24.0 Å². The Bertz CT molecular complexity index is 857. The Balaban J connectivity index is 0.00000261. The van der Waals surface area contributed by atoms with Crippen molar-refractivity contribution in [3.8, 4) is 0 Å². The van der Waals surface area contributed by atoms with Crippen LogP contribution in [0.25, 0.3) is 10.9 Å². The summed E-state index contributed by atoms with van der Waals surface area (Å²) in [5.74, 6) is 0.826. The van der Waals surface area contributed by atoms with Crippen LogP contribution in [0.2, 0.25) is 0 Å². The van der Waals surface area contributed by atoms with E-state index in [0.29, 0.717) is 6.54 Å². The molecule has 3 rings (SSSR count). The first-order valence-corrected chi connectivity index (χ1v) is 9.31. The SMILES string of the molecule is CCNC(=NCc1ccccn1)NCCc1c[nH]c2c(CC)cccc12.I. The summed E-state index contributed by atoms with van der Waals surface area (Å²) in [6.07, 6.45) is 5.91. The Labute approximate surface area is 178 Å². The van der Waals surface area contributed by atoms with Crippen LogP contribution in [-0.2, 0) is 19.4 Å². The molecule has 0 bridgehead atoms. The number of aromatic nitrogens is 2. The molecule has 1 aromatic carbocycles. The highest BCUT2D eigenvalue weighted by Gasteiger charge is 2.06. The van der Waals surface area contributed by atoms with Crippen LogP contribution in [0.15, 0.2) is 53.8 Å². The number of benzene rings is 1. The highest BCUT2D eigenvalue weighted by molar-refractivity contribution is 14.0. The van der Waals surface area contributed by atoms with E-state index in [1.807, 2.05) is 18.2 Å². The fourth-order valence-electron chi connectivity index (χ4n) is 3.09. The molecule has 3 aromatic rings. The summed E-state index contributed by atoms with van der Waals surface area (Å²) in [6, 6.07) is 12.4. The highest BCUT2D eigenvalue weighted by atomic mass is 127. The van der Waals surface area contributed by atoms with Crippen molar-refractivity contribution in [2.75, 3.05) is 13.1 Å². The van der Waals surface area contributed by atoms with Crippen molar-refractivity contribution < 1.29 is 0 Å². The molecule has 0 aliphatic rings. The largest absolute Gasteiger partial charge is 0.361 e. The number of para-hydroxylation sites is 1. The number of hydrogen-bond acceptors (Lipinski definition) is 2. The Kier molecular flexibility index (Phi) is 8.57. The zero-order chi connectivity index (χ0) is 18.2. The molecule has 0 aliphatic carbocycles. The van der Waals surface area contributed by atoms with Crippen molar-refractivity contribution in [1.82, 2.24) is 20.6 Å². The van der Waals surface area contributed by atoms with Gasteiger partial charge in [-0.1, -0.05) is 31.2 Å². The van der Waals surface area contributed by atoms with E-state index in [0.717, 1.165) is 37.6 Å². The molecule has 27 heavy (non-hydrogen) atoms. The number of nitrogens with one attached hydrogen (secondary N) is 3. The Hall–Kier alpha value is -2.09. The third-order valence-corrected chi connectivity index (χ3v) is 4.42. The smallest absolute Gasteiger partial charge is 0.191 e. The first-order valence-electron chi connectivity index (χ1n) is 9.31. The molecule has 0 spiro atoms. The van der Waals surface area contributed by atoms with Gasteiger partial charge in [-0.25, -0.2) is 4.99 Å². The lowest BCUT2D eigenvalue weighted by atomic mass is 10.1. The molecule has 0 saturated heterocycles. The van der Waals surface area contributed by atoms with Crippen LogP contribution in [0.3, 0.4) is 0 Å². The molecule has 0 fully saturated rings. The lowest BCUT2D eigenvalue weighted by Crippen LogP contribution is -2.38. The number of pyridine rings is 1. The van der Waals surface area contributed by atoms with Crippen LogP contribution in [0.4, 0.5) is 0 Å². The van der Waals surface area contributed by atoms with E-state index in [9.17, 15) is 0 Å². The molecule has 0 atom stereocenters. The van der Waals surface area contributed by atoms with Crippen LogP contribution in [-0.4, -0.2) is 29.0 Å². The molecule has 0 aliphatic heterocycles. The molecule has 0 amide bonds. The Morgan fingerprint density at radius 3 is 2.70 bits per heavy atom. The normalized spacial score (nSPS) is 11.3. The second kappa shape index (κ2) is 10.9. The maximum atomic E-state index is 4.62. The van der Waals surface area contributed by atoms with E-state index in [-0.39, 0.29) is 24.0 Å². The van der Waals surface area contributed by atoms with Crippen molar-refractivity contribution in [2.45, 2.75) is 33.2 Å². The van der Waals surface area contributed by atoms with Gasteiger partial charge in [-0.2, -0.15) is 0 Å². The molecule has 2 heterocycles. The van der Waals surface area contributed by atoms with Crippen LogP contribution in [0, 0.1) is 0 Å². The number of hydrogen-bond donors (Lipinski definition) is 3. The van der Waals surface area contributed by atoms with Crippen LogP contribution in [0.1, 0.15) is 30.7 Å². The summed E-state index contributed by atoms with van der Waals surface area (Å²) in [4.78, 5) is 12.4. The van der Waals surface area contributed by atoms with Gasteiger partial charge in [-0.3, -0.25) is 4.98 Å². The monoisotopic (exact) mass is 477 g/mol. The van der Waals surface area contributed by atoms with E-state index >= 15 is 0 Å². The second-order valence-electron chi connectivity index (χ2n) is 6.20. The minimum Gasteiger partial charge on any atom is -0.361 e. The van der Waals surface area contributed by atoms with Gasteiger partial charge in [0.1, 0.15) is 0 Å². The zero-order valence-electron chi connectivity index (χ0n) is 16.0. The van der Waals surface area contributed by atoms with E-state index in [2.05, 4.69) is 63.8 Å². The van der Waals surface area contributed by atoms with E-state index < -0.39 is 0 Å². The number of aliphatic imine (C=N–C) groups is 1. The van der Waals surface area contributed by atoms with Gasteiger partial charge < -0.3 is 15.6 Å². The minimum absolute atomic E-state index is 0. The van der Waals surface area contributed by atoms with Gasteiger partial charge in [0, 0.05) is 36.4 Å². The van der Waals surface area contributed by atoms with Crippen molar-refractivity contribution >= 4 is 40.8 Å². The van der Waals surface area contributed by atoms with E-state index in [1.54, 1.807) is 6.20 Å². The third kappa shape index (κ3) is 5.69. The van der Waals surface area contributed by atoms with E-state index in [1.165, 1.54) is 22.0 Å². The number of aromatic amines is 1. The average Bonchev–Trinajstić information content (AvgIpc) is 3.10. The molecule has 0 saturated carbocycles. The third-order valence-electron chi connectivity index (χ3n) is 4.42. The van der Waals surface area contributed by atoms with E-state index in [4.69, 9.17) is 0 Å². The standard InChI is InChI=1S/C21H27N5.HI/c1-3-16-8-7-10-19-17(14-25-20(16)19)11-13-24-21(22-4-2)26-15-18-9-5-6-12-23-18;/h5-10,12,14,25H,3-4,11,13,15H2,1-2H3,(H2,22,24,26);1H. The van der Waals surface area contributed by atoms with Gasteiger partial charge >= 0.3 is 0 Å². The van der Waals surface area contributed by atoms with Crippen molar-refractivity contribution in [3.63, 3.8) is 0 Å². The number of H-pyrrole nitrogens is 1. The Morgan fingerprint density at radius 1 is 1.07 bits per heavy atom. The van der Waals surface area contributed by atoms with Crippen molar-refractivity contribution in [1.29, 1.82) is 0 Å². The minimum atomic E-state index is 0. The fraction of sp³-hybridized carbons (Fsp3) is 0.333. The number of guanidine groups is 1. The highest BCUT2D eigenvalue weighted by Crippen LogP contribution is 2.22. The topological polar surface area (TPSA) is 65.1 Å². The summed E-state index contributed by atoms with van der Waals surface area (Å²) < 4.78 is 0. The molecule has 2 aromatic heterocycles. The first-order chi connectivity index (χ1) is 12.8. The van der Waals surface area contributed by atoms with Crippen molar-refractivity contribution in [2.24, 2.45) is 4.99 Å². The molecule has 3 N–H and O–H groups in total. The van der Waals surface area contributed by atoms with Crippen molar-refractivity contribution in [3.05, 3.63) is 65.6 Å². The summed E-state index contributed by atoms with van der Waals surface area (Å²) in [5, 5.41) is 8.03. The van der Waals surface area contributed by atoms with Gasteiger partial charge in [0.2, 0.25) is 0 Å². The number of rotatable bonds is 7. The maximum Gasteiger partial charge on any atom is 0.191 e. The molecule has 5 nitrogen and oxygen atoms in total. The molecule has 0 unspecified atom stereocenters. The molecular weight excluding hydrogens is 449 g/mol. The maximum absolute atomic E-state index is 4.62. The van der Waals surface area contributed by atoms with Gasteiger partial charge in [0.05, 0.1) is 12.2 Å². The molecule has 0 radical (unpaired) electrons. The summed E-state index contributed by atoms with van der Waals surface area (Å²) >= 11 is 0. The average molecular weight is 477 g/mol. The quantitative estimate of drug-likeness (QED) is 0.274. The van der Waals surface area contributed by atoms with Gasteiger partial charge in [0.15, 0.2) is 5.96 Å². The van der Waals surface area contributed by atoms with Gasteiger partial charge in [-0.05, 0) is 43.0 Å². The number of nitrogens with zero attached hydrogens (tertiary/aromatic N) is 2. The fourth-order valence-corrected chi connectivity index (χ4v) is 3.09. The summed E-state index contributed by atoms with van der Waals surface area (Å²) in [6.45, 7) is 6.50. The zero-order valence-corrected chi connectivity index (χ0v) is 18.3. The van der Waals surface area contributed by atoms with Gasteiger partial charge in [0.25, 0.3) is 0 Å². The second-order valence-corrected chi connectivity index (χ2v) is 6.20. The first kappa shape index (κ1) is 21.2. The number of halogens is 1. The lowest BCUT2D eigenvalue weighted by molar-refractivity contribution is 0.798. The predicted molar refractivity (Wildman–Crippen MR) is 124 cm³/mol. The van der Waals surface area contributed by atoms with Crippen LogP contribution < -0.4 is 10.6 Å². The van der Waals surface area contributed by atoms with Crippen LogP contribution >= 0.6 is 24.0 Å². The molecule has 144 valence electrons. The molecular formula is C21H28IN5. The van der Waals surface area contributed by atoms with Crippen LogP contribution in [0.5, 0.6) is 0 Å². The Morgan fingerprint density at radius 2 is 1.96 bits per heavy atom. The summed E-state index contributed by atoms with van der Waals surface area (Å²) in [5.41, 5.74) is 4.93.